The highest BCUT2D eigenvalue weighted by atomic mass is 19.2. The quantitative estimate of drug-likeness (QED) is 0.338. The third kappa shape index (κ3) is 7.16. The van der Waals surface area contributed by atoms with Crippen LogP contribution in [0.5, 0.6) is 5.75 Å². The van der Waals surface area contributed by atoms with Gasteiger partial charge in [0.1, 0.15) is 0 Å². The van der Waals surface area contributed by atoms with Crippen LogP contribution in [0.2, 0.25) is 0 Å². The summed E-state index contributed by atoms with van der Waals surface area (Å²) >= 11 is 0. The smallest absolute Gasteiger partial charge is 0.200 e. The topological polar surface area (TPSA) is 29.5 Å². The monoisotopic (exact) mass is 382 g/mol. The lowest BCUT2D eigenvalue weighted by Crippen LogP contribution is -2.06. The largest absolute Gasteiger partial charge is 0.505 e. The molecule has 2 unspecified atom stereocenters. The summed E-state index contributed by atoms with van der Waals surface area (Å²) < 4.78 is 46.4. The SMILES string of the molecule is C=C(OCC)/C(F)=C(/F)C(=C)C(C)CCC(C)CCc1ccc(O)c(F)c1. The van der Waals surface area contributed by atoms with E-state index < -0.39 is 17.5 Å². The second-order valence-electron chi connectivity index (χ2n) is 6.92. The lowest BCUT2D eigenvalue weighted by atomic mass is 9.89. The highest BCUT2D eigenvalue weighted by Gasteiger charge is 2.19. The number of allylic oxidation sites excluding steroid dienone is 3. The Morgan fingerprint density at radius 1 is 1.11 bits per heavy atom. The van der Waals surface area contributed by atoms with Crippen molar-refractivity contribution >= 4 is 0 Å². The molecule has 0 radical (unpaired) electrons. The Hall–Kier alpha value is -2.17. The molecule has 1 N–H and O–H groups in total. The third-order valence-corrected chi connectivity index (χ3v) is 4.66. The molecule has 5 heteroatoms. The Labute approximate surface area is 160 Å². The van der Waals surface area contributed by atoms with Gasteiger partial charge in [0.2, 0.25) is 0 Å². The van der Waals surface area contributed by atoms with Crippen LogP contribution < -0.4 is 0 Å². The predicted octanol–water partition coefficient (Wildman–Crippen LogP) is 6.77. The van der Waals surface area contributed by atoms with Crippen LogP contribution in [0.25, 0.3) is 0 Å². The standard InChI is InChI=1S/C22H29F3O2/c1-6-27-17(5)22(25)21(24)16(4)15(3)9-7-14(2)8-10-18-11-12-20(26)19(23)13-18/h11-15,26H,4-10H2,1-3H3/b22-21-. The van der Waals surface area contributed by atoms with E-state index in [0.29, 0.717) is 18.8 Å². The van der Waals surface area contributed by atoms with Crippen molar-refractivity contribution < 1.29 is 23.0 Å². The summed E-state index contributed by atoms with van der Waals surface area (Å²) in [5.74, 6) is -3.30. The second kappa shape index (κ2) is 10.9. The number of phenolic OH excluding ortho intramolecular Hbond substituents is 1. The van der Waals surface area contributed by atoms with Crippen molar-refractivity contribution in [1.82, 2.24) is 0 Å². The molecule has 0 amide bonds. The van der Waals surface area contributed by atoms with E-state index >= 15 is 0 Å². The van der Waals surface area contributed by atoms with Crippen LogP contribution in [0.4, 0.5) is 13.2 Å². The van der Waals surface area contributed by atoms with Gasteiger partial charge in [-0.15, -0.1) is 0 Å². The Morgan fingerprint density at radius 2 is 1.78 bits per heavy atom. The highest BCUT2D eigenvalue weighted by molar-refractivity contribution is 5.33. The van der Waals surface area contributed by atoms with Crippen LogP contribution in [0.1, 0.15) is 45.6 Å². The summed E-state index contributed by atoms with van der Waals surface area (Å²) in [6, 6.07) is 4.38. The molecule has 150 valence electrons. The maximum absolute atomic E-state index is 14.2. The van der Waals surface area contributed by atoms with Crippen LogP contribution >= 0.6 is 0 Å². The van der Waals surface area contributed by atoms with Gasteiger partial charge in [0.05, 0.1) is 6.61 Å². The van der Waals surface area contributed by atoms with E-state index in [9.17, 15) is 18.3 Å². The summed E-state index contributed by atoms with van der Waals surface area (Å²) in [6.45, 7) is 12.8. The van der Waals surface area contributed by atoms with Crippen LogP contribution in [-0.2, 0) is 11.2 Å². The van der Waals surface area contributed by atoms with E-state index in [1.165, 1.54) is 12.1 Å². The predicted molar refractivity (Wildman–Crippen MR) is 103 cm³/mol. The van der Waals surface area contributed by atoms with Gasteiger partial charge in [-0.25, -0.2) is 8.78 Å². The van der Waals surface area contributed by atoms with E-state index in [-0.39, 0.29) is 29.6 Å². The van der Waals surface area contributed by atoms with Gasteiger partial charge in [-0.1, -0.05) is 39.5 Å². The molecule has 0 spiro atoms. The summed E-state index contributed by atoms with van der Waals surface area (Å²) in [4.78, 5) is 0. The van der Waals surface area contributed by atoms with E-state index in [1.807, 2.05) is 0 Å². The lowest BCUT2D eigenvalue weighted by Gasteiger charge is -2.17. The first-order chi connectivity index (χ1) is 12.7. The molecule has 0 fully saturated rings. The molecule has 0 aromatic heterocycles. The summed E-state index contributed by atoms with van der Waals surface area (Å²) in [5.41, 5.74) is 0.918. The van der Waals surface area contributed by atoms with Gasteiger partial charge in [-0.2, -0.15) is 4.39 Å². The van der Waals surface area contributed by atoms with Gasteiger partial charge in [0.15, 0.2) is 29.0 Å². The number of hydrogen-bond acceptors (Lipinski definition) is 2. The minimum Gasteiger partial charge on any atom is -0.505 e. The van der Waals surface area contributed by atoms with Gasteiger partial charge < -0.3 is 9.84 Å². The molecule has 0 saturated heterocycles. The number of aryl methyl sites for hydroxylation is 1. The molecule has 2 atom stereocenters. The van der Waals surface area contributed by atoms with Crippen molar-refractivity contribution in [2.24, 2.45) is 11.8 Å². The van der Waals surface area contributed by atoms with Crippen molar-refractivity contribution in [3.05, 3.63) is 65.7 Å². The Morgan fingerprint density at radius 3 is 2.37 bits per heavy atom. The number of hydrogen-bond donors (Lipinski definition) is 1. The van der Waals surface area contributed by atoms with Gasteiger partial charge in [-0.05, 0) is 61.3 Å². The first-order valence-electron chi connectivity index (χ1n) is 9.21. The van der Waals surface area contributed by atoms with Crippen LogP contribution in [0.3, 0.4) is 0 Å². The van der Waals surface area contributed by atoms with Crippen molar-refractivity contribution in [3.63, 3.8) is 0 Å². The first kappa shape index (κ1) is 22.9. The summed E-state index contributed by atoms with van der Waals surface area (Å²) in [7, 11) is 0. The fraction of sp³-hybridized carbons (Fsp3) is 0.455. The molecule has 27 heavy (non-hydrogen) atoms. The van der Waals surface area contributed by atoms with Gasteiger partial charge in [0, 0.05) is 0 Å². The molecular formula is C22H29F3O2. The zero-order chi connectivity index (χ0) is 20.6. The van der Waals surface area contributed by atoms with Gasteiger partial charge >= 0.3 is 0 Å². The van der Waals surface area contributed by atoms with Crippen LogP contribution in [-0.4, -0.2) is 11.7 Å². The maximum Gasteiger partial charge on any atom is 0.200 e. The molecule has 0 aliphatic heterocycles. The maximum atomic E-state index is 14.2. The summed E-state index contributed by atoms with van der Waals surface area (Å²) in [6.07, 6.45) is 2.98. The van der Waals surface area contributed by atoms with Gasteiger partial charge in [0.25, 0.3) is 0 Å². The Kier molecular flexibility index (Phi) is 9.19. The van der Waals surface area contributed by atoms with Crippen LogP contribution in [0.15, 0.2) is 54.3 Å². The molecule has 0 aliphatic carbocycles. The normalized spacial score (nSPS) is 14.3. The molecule has 0 heterocycles. The minimum absolute atomic E-state index is 0.0983. The minimum atomic E-state index is -1.10. The fourth-order valence-electron chi connectivity index (χ4n) is 2.69. The van der Waals surface area contributed by atoms with Crippen LogP contribution in [0, 0.1) is 17.7 Å². The average molecular weight is 382 g/mol. The molecule has 2 nitrogen and oxygen atoms in total. The first-order valence-corrected chi connectivity index (χ1v) is 9.21. The summed E-state index contributed by atoms with van der Waals surface area (Å²) in [5, 5.41) is 9.21. The molecule has 0 saturated carbocycles. The van der Waals surface area contributed by atoms with Crippen molar-refractivity contribution in [3.8, 4) is 5.75 Å². The number of ether oxygens (including phenoxy) is 1. The number of aromatic hydroxyl groups is 1. The number of phenols is 1. The van der Waals surface area contributed by atoms with Crippen molar-refractivity contribution in [1.29, 1.82) is 0 Å². The van der Waals surface area contributed by atoms with Crippen molar-refractivity contribution in [2.45, 2.75) is 46.5 Å². The zero-order valence-corrected chi connectivity index (χ0v) is 16.3. The Bertz CT molecular complexity index is 695. The molecule has 1 rings (SSSR count). The third-order valence-electron chi connectivity index (χ3n) is 4.66. The number of rotatable bonds is 11. The fourth-order valence-corrected chi connectivity index (χ4v) is 2.69. The van der Waals surface area contributed by atoms with E-state index in [0.717, 1.165) is 18.4 Å². The number of benzene rings is 1. The molecule has 0 bridgehead atoms. The number of halogens is 3. The molecular weight excluding hydrogens is 353 g/mol. The van der Waals surface area contributed by atoms with Gasteiger partial charge in [-0.3, -0.25) is 0 Å². The van der Waals surface area contributed by atoms with E-state index in [4.69, 9.17) is 4.74 Å². The second-order valence-corrected chi connectivity index (χ2v) is 6.92. The molecule has 0 aliphatic rings. The molecule has 1 aromatic rings. The van der Waals surface area contributed by atoms with E-state index in [1.54, 1.807) is 19.9 Å². The highest BCUT2D eigenvalue weighted by Crippen LogP contribution is 2.30. The molecule has 1 aromatic carbocycles. The average Bonchev–Trinajstić information content (AvgIpc) is 2.65. The Balaban J connectivity index is 2.51. The van der Waals surface area contributed by atoms with Crippen molar-refractivity contribution in [2.75, 3.05) is 6.61 Å². The zero-order valence-electron chi connectivity index (χ0n) is 16.3. The van der Waals surface area contributed by atoms with E-state index in [2.05, 4.69) is 20.1 Å². The lowest BCUT2D eigenvalue weighted by molar-refractivity contribution is 0.223.